The Hall–Kier alpha value is -1.75. The molecule has 2 aliphatic carbocycles. The van der Waals surface area contributed by atoms with Crippen molar-refractivity contribution in [1.82, 2.24) is 0 Å². The van der Waals surface area contributed by atoms with E-state index in [1.54, 1.807) is 6.07 Å². The molecule has 160 valence electrons. The van der Waals surface area contributed by atoms with Crippen LogP contribution in [0.2, 0.25) is 0 Å². The molecule has 0 bridgehead atoms. The molecule has 29 heavy (non-hydrogen) atoms. The number of rotatable bonds is 8. The standard InChI is InChI=1S/C24H34O4S/c1-5-6-7-8-17-14-21(25)22(20-13-16(4)9-12-19(20)15(2)3)23(26)24(17)29(27,28)18-10-11-18/h13-14,18-20,25-26H,2,5-12H2,1,3-4H3. The summed E-state index contributed by atoms with van der Waals surface area (Å²) in [7, 11) is -3.60. The van der Waals surface area contributed by atoms with Gasteiger partial charge in [-0.2, -0.15) is 0 Å². The fraction of sp³-hybridized carbons (Fsp3) is 0.583. The number of sulfone groups is 1. The van der Waals surface area contributed by atoms with E-state index in [-0.39, 0.29) is 28.2 Å². The quantitative estimate of drug-likeness (QED) is 0.414. The normalized spacial score (nSPS) is 22.4. The van der Waals surface area contributed by atoms with Gasteiger partial charge in [0, 0.05) is 11.5 Å². The molecule has 2 atom stereocenters. The Bertz CT molecular complexity index is 923. The Labute approximate surface area is 175 Å². The fourth-order valence-electron chi connectivity index (χ4n) is 4.55. The maximum absolute atomic E-state index is 13.2. The summed E-state index contributed by atoms with van der Waals surface area (Å²) in [5.74, 6) is -0.450. The van der Waals surface area contributed by atoms with Gasteiger partial charge in [0.05, 0.1) is 5.25 Å². The van der Waals surface area contributed by atoms with Crippen LogP contribution < -0.4 is 0 Å². The monoisotopic (exact) mass is 418 g/mol. The zero-order chi connectivity index (χ0) is 21.3. The van der Waals surface area contributed by atoms with Crippen LogP contribution in [-0.2, 0) is 16.3 Å². The van der Waals surface area contributed by atoms with Crippen LogP contribution in [0, 0.1) is 5.92 Å². The second kappa shape index (κ2) is 8.55. The predicted molar refractivity (Wildman–Crippen MR) is 117 cm³/mol. The first-order valence-electron chi connectivity index (χ1n) is 10.8. The molecule has 0 radical (unpaired) electrons. The molecular weight excluding hydrogens is 384 g/mol. The Balaban J connectivity index is 2.18. The number of aryl methyl sites for hydroxylation is 1. The fourth-order valence-corrected chi connectivity index (χ4v) is 6.55. The zero-order valence-electron chi connectivity index (χ0n) is 17.9. The first-order valence-corrected chi connectivity index (χ1v) is 12.4. The number of aromatic hydroxyl groups is 2. The van der Waals surface area contributed by atoms with E-state index in [2.05, 4.69) is 19.6 Å². The van der Waals surface area contributed by atoms with Crippen molar-refractivity contribution in [2.75, 3.05) is 0 Å². The predicted octanol–water partition coefficient (Wildman–Crippen LogP) is 5.78. The lowest BCUT2D eigenvalue weighted by atomic mass is 9.73. The minimum Gasteiger partial charge on any atom is -0.507 e. The molecular formula is C24H34O4S. The first-order chi connectivity index (χ1) is 13.7. The molecule has 0 amide bonds. The average Bonchev–Trinajstić information content (AvgIpc) is 3.47. The van der Waals surface area contributed by atoms with Crippen LogP contribution in [0.25, 0.3) is 0 Å². The van der Waals surface area contributed by atoms with E-state index in [1.807, 2.05) is 13.8 Å². The summed E-state index contributed by atoms with van der Waals surface area (Å²) in [6.45, 7) is 10.2. The van der Waals surface area contributed by atoms with Crippen LogP contribution in [0.1, 0.15) is 82.8 Å². The SMILES string of the molecule is C=C(C)C1CCC(C)=CC1c1c(O)cc(CCCCC)c(S(=O)(=O)C2CC2)c1O. The van der Waals surface area contributed by atoms with E-state index < -0.39 is 15.1 Å². The highest BCUT2D eigenvalue weighted by atomic mass is 32.2. The number of phenolic OH excluding ortho intramolecular Hbond substituents is 2. The molecule has 0 saturated heterocycles. The van der Waals surface area contributed by atoms with Gasteiger partial charge in [-0.3, -0.25) is 0 Å². The van der Waals surface area contributed by atoms with Gasteiger partial charge < -0.3 is 10.2 Å². The van der Waals surface area contributed by atoms with Crippen LogP contribution in [0.3, 0.4) is 0 Å². The van der Waals surface area contributed by atoms with Crippen molar-refractivity contribution in [3.63, 3.8) is 0 Å². The second-order valence-electron chi connectivity index (χ2n) is 8.88. The van der Waals surface area contributed by atoms with Gasteiger partial charge in [-0.05, 0) is 69.9 Å². The molecule has 5 heteroatoms. The van der Waals surface area contributed by atoms with Crippen LogP contribution in [0.5, 0.6) is 11.5 Å². The molecule has 2 aliphatic rings. The van der Waals surface area contributed by atoms with E-state index in [0.717, 1.165) is 37.7 Å². The summed E-state index contributed by atoms with van der Waals surface area (Å²) >= 11 is 0. The summed E-state index contributed by atoms with van der Waals surface area (Å²) in [5.41, 5.74) is 3.06. The van der Waals surface area contributed by atoms with Gasteiger partial charge in [0.1, 0.15) is 16.4 Å². The molecule has 1 aromatic carbocycles. The van der Waals surface area contributed by atoms with Crippen molar-refractivity contribution in [3.05, 3.63) is 41.0 Å². The molecule has 0 heterocycles. The minimum atomic E-state index is -3.60. The van der Waals surface area contributed by atoms with E-state index in [4.69, 9.17) is 0 Å². The molecule has 0 aromatic heterocycles. The van der Waals surface area contributed by atoms with Crippen molar-refractivity contribution in [2.45, 2.75) is 88.2 Å². The van der Waals surface area contributed by atoms with Crippen molar-refractivity contribution < 1.29 is 18.6 Å². The maximum Gasteiger partial charge on any atom is 0.185 e. The van der Waals surface area contributed by atoms with Gasteiger partial charge in [0.25, 0.3) is 0 Å². The van der Waals surface area contributed by atoms with Gasteiger partial charge in [0.15, 0.2) is 9.84 Å². The number of allylic oxidation sites excluding steroid dienone is 3. The summed E-state index contributed by atoms with van der Waals surface area (Å²) in [6, 6.07) is 1.59. The van der Waals surface area contributed by atoms with Gasteiger partial charge in [-0.15, -0.1) is 0 Å². The number of hydrogen-bond acceptors (Lipinski definition) is 4. The minimum absolute atomic E-state index is 0.00838. The van der Waals surface area contributed by atoms with Crippen molar-refractivity contribution in [2.24, 2.45) is 5.92 Å². The lowest BCUT2D eigenvalue weighted by Crippen LogP contribution is -2.19. The topological polar surface area (TPSA) is 74.6 Å². The molecule has 3 rings (SSSR count). The Morgan fingerprint density at radius 3 is 2.48 bits per heavy atom. The summed E-state index contributed by atoms with van der Waals surface area (Å²) in [6.07, 6.45) is 8.54. The summed E-state index contributed by atoms with van der Waals surface area (Å²) in [4.78, 5) is 0.0565. The molecule has 1 aromatic rings. The van der Waals surface area contributed by atoms with E-state index in [9.17, 15) is 18.6 Å². The van der Waals surface area contributed by atoms with Crippen LogP contribution in [0.15, 0.2) is 34.8 Å². The lowest BCUT2D eigenvalue weighted by Gasteiger charge is -2.32. The molecule has 2 unspecified atom stereocenters. The van der Waals surface area contributed by atoms with E-state index in [1.165, 1.54) is 5.57 Å². The number of phenols is 2. The van der Waals surface area contributed by atoms with Gasteiger partial charge in [0.2, 0.25) is 0 Å². The average molecular weight is 419 g/mol. The van der Waals surface area contributed by atoms with Crippen LogP contribution in [-0.4, -0.2) is 23.9 Å². The van der Waals surface area contributed by atoms with Gasteiger partial charge in [-0.25, -0.2) is 8.42 Å². The molecule has 0 aliphatic heterocycles. The molecule has 1 saturated carbocycles. The Morgan fingerprint density at radius 2 is 1.90 bits per heavy atom. The van der Waals surface area contributed by atoms with Crippen molar-refractivity contribution >= 4 is 9.84 Å². The third-order valence-corrected chi connectivity index (χ3v) is 8.73. The number of unbranched alkanes of at least 4 members (excludes halogenated alkanes) is 2. The number of hydrogen-bond donors (Lipinski definition) is 2. The number of benzene rings is 1. The Kier molecular flexibility index (Phi) is 6.47. The van der Waals surface area contributed by atoms with Crippen LogP contribution in [0.4, 0.5) is 0 Å². The van der Waals surface area contributed by atoms with Crippen molar-refractivity contribution in [1.29, 1.82) is 0 Å². The summed E-state index contributed by atoms with van der Waals surface area (Å²) < 4.78 is 26.4. The molecule has 4 nitrogen and oxygen atoms in total. The molecule has 2 N–H and O–H groups in total. The van der Waals surface area contributed by atoms with Crippen molar-refractivity contribution in [3.8, 4) is 11.5 Å². The van der Waals surface area contributed by atoms with E-state index in [0.29, 0.717) is 30.4 Å². The third-order valence-electron chi connectivity index (χ3n) is 6.36. The van der Waals surface area contributed by atoms with E-state index >= 15 is 0 Å². The van der Waals surface area contributed by atoms with Crippen LogP contribution >= 0.6 is 0 Å². The maximum atomic E-state index is 13.2. The zero-order valence-corrected chi connectivity index (χ0v) is 18.7. The third kappa shape index (κ3) is 4.40. The largest absolute Gasteiger partial charge is 0.507 e. The highest BCUT2D eigenvalue weighted by Gasteiger charge is 2.42. The first kappa shape index (κ1) is 21.9. The smallest absolute Gasteiger partial charge is 0.185 e. The highest BCUT2D eigenvalue weighted by molar-refractivity contribution is 7.92. The second-order valence-corrected chi connectivity index (χ2v) is 11.0. The Morgan fingerprint density at radius 1 is 1.21 bits per heavy atom. The summed E-state index contributed by atoms with van der Waals surface area (Å²) in [5, 5.41) is 21.8. The van der Waals surface area contributed by atoms with Gasteiger partial charge in [-0.1, -0.05) is 43.6 Å². The van der Waals surface area contributed by atoms with Gasteiger partial charge >= 0.3 is 0 Å². The molecule has 0 spiro atoms. The lowest BCUT2D eigenvalue weighted by molar-refractivity contribution is 0.397. The molecule has 1 fully saturated rings. The highest BCUT2D eigenvalue weighted by Crippen LogP contribution is 2.50.